The highest BCUT2D eigenvalue weighted by molar-refractivity contribution is 5.89. The molecule has 2 saturated heterocycles. The Hall–Kier alpha value is -2.77. The third-order valence-corrected chi connectivity index (χ3v) is 8.12. The molecule has 2 aliphatic heterocycles. The monoisotopic (exact) mass is 499 g/mol. The highest BCUT2D eigenvalue weighted by Gasteiger charge is 2.37. The third kappa shape index (κ3) is 6.51. The van der Waals surface area contributed by atoms with E-state index in [9.17, 15) is 14.4 Å². The van der Waals surface area contributed by atoms with Crippen molar-refractivity contribution in [2.24, 2.45) is 11.8 Å². The van der Waals surface area contributed by atoms with Crippen LogP contribution in [0.2, 0.25) is 0 Å². The maximum absolute atomic E-state index is 13.1. The normalized spacial score (nSPS) is 21.1. The van der Waals surface area contributed by atoms with Gasteiger partial charge in [-0.05, 0) is 36.5 Å². The van der Waals surface area contributed by atoms with E-state index in [1.807, 2.05) is 28.0 Å². The quantitative estimate of drug-likeness (QED) is 0.522. The summed E-state index contributed by atoms with van der Waals surface area (Å²) in [6, 6.07) is 5.77. The summed E-state index contributed by atoms with van der Waals surface area (Å²) in [5.41, 5.74) is 1.06. The summed E-state index contributed by atoms with van der Waals surface area (Å²) in [5, 5.41) is 0. The molecule has 1 atom stereocenters. The van der Waals surface area contributed by atoms with Crippen LogP contribution in [0.15, 0.2) is 18.2 Å². The first-order valence-electron chi connectivity index (χ1n) is 13.5. The minimum atomic E-state index is -0.295. The molecule has 0 N–H and O–H groups in total. The summed E-state index contributed by atoms with van der Waals surface area (Å²) in [5.74, 6) is 2.07. The standard InChI is InChI=1S/C28H41N3O5/c1-35-24-10-8-22(18-25(24)36-2)12-13-31-20-23(19-27(31)33)28(34)30-16-14-29(15-17-30)26(32)11-9-21-6-4-3-5-7-21/h8,10,18,21,23H,3-7,9,11-17,19-20H2,1-2H3. The molecule has 2 heterocycles. The number of piperazine rings is 1. The summed E-state index contributed by atoms with van der Waals surface area (Å²) in [4.78, 5) is 44.0. The van der Waals surface area contributed by atoms with Crippen LogP contribution in [-0.4, -0.2) is 85.9 Å². The number of ether oxygens (including phenoxy) is 2. The number of nitrogens with zero attached hydrogens (tertiary/aromatic N) is 3. The van der Waals surface area contributed by atoms with E-state index in [-0.39, 0.29) is 30.1 Å². The summed E-state index contributed by atoms with van der Waals surface area (Å²) in [6.45, 7) is 3.35. The smallest absolute Gasteiger partial charge is 0.228 e. The van der Waals surface area contributed by atoms with Crippen molar-refractivity contribution in [3.8, 4) is 11.5 Å². The molecule has 36 heavy (non-hydrogen) atoms. The van der Waals surface area contributed by atoms with Crippen LogP contribution < -0.4 is 9.47 Å². The van der Waals surface area contributed by atoms with E-state index in [2.05, 4.69) is 0 Å². The van der Waals surface area contributed by atoms with Crippen LogP contribution in [0.3, 0.4) is 0 Å². The fraction of sp³-hybridized carbons (Fsp3) is 0.679. The predicted molar refractivity (Wildman–Crippen MR) is 137 cm³/mol. The summed E-state index contributed by atoms with van der Waals surface area (Å²) in [6.07, 6.45) is 9.06. The molecule has 3 aliphatic rings. The molecule has 1 unspecified atom stereocenters. The van der Waals surface area contributed by atoms with Gasteiger partial charge >= 0.3 is 0 Å². The second kappa shape index (κ2) is 12.5. The number of carbonyl (C=O) groups excluding carboxylic acids is 3. The van der Waals surface area contributed by atoms with E-state index in [0.29, 0.717) is 69.5 Å². The fourth-order valence-electron chi connectivity index (χ4n) is 5.85. The Bertz CT molecular complexity index is 922. The minimum Gasteiger partial charge on any atom is -0.493 e. The van der Waals surface area contributed by atoms with Crippen LogP contribution in [0.5, 0.6) is 11.5 Å². The Morgan fingerprint density at radius 2 is 1.64 bits per heavy atom. The second-order valence-electron chi connectivity index (χ2n) is 10.4. The van der Waals surface area contributed by atoms with Crippen LogP contribution in [0, 0.1) is 11.8 Å². The van der Waals surface area contributed by atoms with E-state index in [1.54, 1.807) is 19.1 Å². The lowest BCUT2D eigenvalue weighted by atomic mass is 9.86. The van der Waals surface area contributed by atoms with E-state index in [0.717, 1.165) is 12.0 Å². The van der Waals surface area contributed by atoms with Crippen LogP contribution >= 0.6 is 0 Å². The number of amides is 3. The van der Waals surface area contributed by atoms with E-state index in [4.69, 9.17) is 9.47 Å². The first kappa shape index (κ1) is 26.3. The minimum absolute atomic E-state index is 0.0327. The van der Waals surface area contributed by atoms with Crippen molar-refractivity contribution in [2.45, 2.75) is 57.8 Å². The lowest BCUT2D eigenvalue weighted by Gasteiger charge is -2.36. The van der Waals surface area contributed by atoms with Gasteiger partial charge in [0.05, 0.1) is 20.1 Å². The van der Waals surface area contributed by atoms with E-state index in [1.165, 1.54) is 32.1 Å². The Labute approximate surface area is 214 Å². The molecule has 198 valence electrons. The molecular weight excluding hydrogens is 458 g/mol. The van der Waals surface area contributed by atoms with Gasteiger partial charge < -0.3 is 24.2 Å². The Kier molecular flexibility index (Phi) is 9.10. The molecule has 0 bridgehead atoms. The lowest BCUT2D eigenvalue weighted by Crippen LogP contribution is -2.52. The van der Waals surface area contributed by atoms with Gasteiger partial charge in [0, 0.05) is 52.1 Å². The second-order valence-corrected chi connectivity index (χ2v) is 10.4. The molecule has 1 aliphatic carbocycles. The Morgan fingerprint density at radius 1 is 0.944 bits per heavy atom. The SMILES string of the molecule is COc1ccc(CCN2CC(C(=O)N3CCN(C(=O)CCC4CCCCC4)CC3)CC2=O)cc1OC. The average molecular weight is 500 g/mol. The molecule has 0 spiro atoms. The summed E-state index contributed by atoms with van der Waals surface area (Å²) < 4.78 is 10.7. The number of rotatable bonds is 9. The van der Waals surface area contributed by atoms with Crippen molar-refractivity contribution in [2.75, 3.05) is 53.5 Å². The molecule has 1 aromatic rings. The maximum Gasteiger partial charge on any atom is 0.228 e. The zero-order chi connectivity index (χ0) is 25.5. The Morgan fingerprint density at radius 3 is 2.33 bits per heavy atom. The molecule has 8 nitrogen and oxygen atoms in total. The van der Waals surface area contributed by atoms with Gasteiger partial charge in [0.25, 0.3) is 0 Å². The molecular formula is C28H41N3O5. The number of likely N-dealkylation sites (tertiary alicyclic amines) is 1. The van der Waals surface area contributed by atoms with Gasteiger partial charge in [-0.2, -0.15) is 0 Å². The van der Waals surface area contributed by atoms with Gasteiger partial charge in [-0.15, -0.1) is 0 Å². The van der Waals surface area contributed by atoms with Gasteiger partial charge in [-0.1, -0.05) is 38.2 Å². The van der Waals surface area contributed by atoms with E-state index < -0.39 is 0 Å². The summed E-state index contributed by atoms with van der Waals surface area (Å²) >= 11 is 0. The number of methoxy groups -OCH3 is 2. The third-order valence-electron chi connectivity index (χ3n) is 8.12. The highest BCUT2D eigenvalue weighted by atomic mass is 16.5. The first-order chi connectivity index (χ1) is 17.5. The predicted octanol–water partition coefficient (Wildman–Crippen LogP) is 3.13. The topological polar surface area (TPSA) is 79.4 Å². The zero-order valence-electron chi connectivity index (χ0n) is 21.9. The Balaban J connectivity index is 1.20. The van der Waals surface area contributed by atoms with Gasteiger partial charge in [0.2, 0.25) is 17.7 Å². The van der Waals surface area contributed by atoms with Gasteiger partial charge in [-0.25, -0.2) is 0 Å². The van der Waals surface area contributed by atoms with Crippen LogP contribution in [0.1, 0.15) is 56.9 Å². The molecule has 3 fully saturated rings. The fourth-order valence-corrected chi connectivity index (χ4v) is 5.85. The van der Waals surface area contributed by atoms with Crippen LogP contribution in [0.25, 0.3) is 0 Å². The molecule has 0 aromatic heterocycles. The number of carbonyl (C=O) groups is 3. The molecule has 8 heteroatoms. The number of hydrogen-bond donors (Lipinski definition) is 0. The summed E-state index contributed by atoms with van der Waals surface area (Å²) in [7, 11) is 3.21. The van der Waals surface area contributed by atoms with Gasteiger partial charge in [-0.3, -0.25) is 14.4 Å². The van der Waals surface area contributed by atoms with Gasteiger partial charge in [0.15, 0.2) is 11.5 Å². The molecule has 3 amide bonds. The lowest BCUT2D eigenvalue weighted by molar-refractivity contribution is -0.142. The number of benzene rings is 1. The van der Waals surface area contributed by atoms with Crippen molar-refractivity contribution in [3.63, 3.8) is 0 Å². The van der Waals surface area contributed by atoms with Crippen molar-refractivity contribution < 1.29 is 23.9 Å². The molecule has 1 saturated carbocycles. The number of hydrogen-bond acceptors (Lipinski definition) is 5. The van der Waals surface area contributed by atoms with Crippen molar-refractivity contribution in [3.05, 3.63) is 23.8 Å². The maximum atomic E-state index is 13.1. The van der Waals surface area contributed by atoms with Crippen molar-refractivity contribution >= 4 is 17.7 Å². The van der Waals surface area contributed by atoms with E-state index >= 15 is 0 Å². The van der Waals surface area contributed by atoms with Gasteiger partial charge in [0.1, 0.15) is 0 Å². The highest BCUT2D eigenvalue weighted by Crippen LogP contribution is 2.29. The first-order valence-corrected chi connectivity index (χ1v) is 13.5. The molecule has 0 radical (unpaired) electrons. The van der Waals surface area contributed by atoms with Crippen LogP contribution in [0.4, 0.5) is 0 Å². The average Bonchev–Trinajstić information content (AvgIpc) is 3.30. The molecule has 4 rings (SSSR count). The molecule has 1 aromatic carbocycles. The van der Waals surface area contributed by atoms with Crippen molar-refractivity contribution in [1.29, 1.82) is 0 Å². The van der Waals surface area contributed by atoms with Crippen molar-refractivity contribution in [1.82, 2.24) is 14.7 Å². The van der Waals surface area contributed by atoms with Crippen LogP contribution in [-0.2, 0) is 20.8 Å². The largest absolute Gasteiger partial charge is 0.493 e. The zero-order valence-corrected chi connectivity index (χ0v) is 21.9.